The lowest BCUT2D eigenvalue weighted by Gasteiger charge is -2.15. The first-order valence-corrected chi connectivity index (χ1v) is 5.88. The number of halogens is 1. The van der Waals surface area contributed by atoms with Gasteiger partial charge < -0.3 is 4.74 Å². The van der Waals surface area contributed by atoms with Crippen molar-refractivity contribution in [2.45, 2.75) is 6.92 Å². The standard InChI is InChI=1S/C6H13ClN2O4S/c1-3-13-6(10)8-14(11,12)9(2)5-4-7/h3-5H2,1-2H3,(H,8,10). The third-order valence-electron chi connectivity index (χ3n) is 1.30. The summed E-state index contributed by atoms with van der Waals surface area (Å²) in [5.41, 5.74) is 0. The quantitative estimate of drug-likeness (QED) is 0.699. The van der Waals surface area contributed by atoms with Gasteiger partial charge in [0.2, 0.25) is 0 Å². The fourth-order valence-corrected chi connectivity index (χ4v) is 1.69. The Morgan fingerprint density at radius 1 is 1.57 bits per heavy atom. The zero-order valence-electron chi connectivity index (χ0n) is 7.99. The Labute approximate surface area is 88.3 Å². The van der Waals surface area contributed by atoms with Crippen molar-refractivity contribution in [3.05, 3.63) is 0 Å². The molecule has 1 N–H and O–H groups in total. The van der Waals surface area contributed by atoms with Crippen LogP contribution < -0.4 is 4.72 Å². The van der Waals surface area contributed by atoms with Crippen LogP contribution in [0.2, 0.25) is 0 Å². The number of carbonyl (C=O) groups is 1. The van der Waals surface area contributed by atoms with Gasteiger partial charge in [0.1, 0.15) is 0 Å². The van der Waals surface area contributed by atoms with Crippen LogP contribution in [0.3, 0.4) is 0 Å². The molecule has 0 aromatic carbocycles. The molecule has 0 fully saturated rings. The molecule has 0 spiro atoms. The monoisotopic (exact) mass is 244 g/mol. The van der Waals surface area contributed by atoms with E-state index in [9.17, 15) is 13.2 Å². The molecule has 0 aromatic heterocycles. The zero-order chi connectivity index (χ0) is 11.2. The number of ether oxygens (including phenoxy) is 1. The van der Waals surface area contributed by atoms with Gasteiger partial charge in [-0.1, -0.05) is 0 Å². The normalized spacial score (nSPS) is 11.4. The molecule has 0 rings (SSSR count). The van der Waals surface area contributed by atoms with Crippen LogP contribution in [0.25, 0.3) is 0 Å². The van der Waals surface area contributed by atoms with Crippen molar-refractivity contribution in [3.8, 4) is 0 Å². The summed E-state index contributed by atoms with van der Waals surface area (Å²) in [4.78, 5) is 10.8. The van der Waals surface area contributed by atoms with Gasteiger partial charge >= 0.3 is 16.3 Å². The second-order valence-electron chi connectivity index (χ2n) is 2.34. The third kappa shape index (κ3) is 4.64. The van der Waals surface area contributed by atoms with Crippen LogP contribution in [0.15, 0.2) is 0 Å². The maximum absolute atomic E-state index is 11.3. The minimum atomic E-state index is -3.82. The molecule has 0 radical (unpaired) electrons. The number of amides is 1. The first-order chi connectivity index (χ1) is 6.44. The van der Waals surface area contributed by atoms with Crippen LogP contribution in [-0.2, 0) is 14.9 Å². The van der Waals surface area contributed by atoms with E-state index in [1.54, 1.807) is 11.6 Å². The second kappa shape index (κ2) is 6.05. The number of hydrogen-bond donors (Lipinski definition) is 1. The average molecular weight is 245 g/mol. The highest BCUT2D eigenvalue weighted by molar-refractivity contribution is 7.87. The van der Waals surface area contributed by atoms with E-state index in [4.69, 9.17) is 11.6 Å². The lowest BCUT2D eigenvalue weighted by molar-refractivity contribution is 0.158. The molecule has 0 aliphatic heterocycles. The molecule has 6 nitrogen and oxygen atoms in total. The topological polar surface area (TPSA) is 75.7 Å². The number of alkyl halides is 1. The van der Waals surface area contributed by atoms with Gasteiger partial charge in [0.25, 0.3) is 0 Å². The summed E-state index contributed by atoms with van der Waals surface area (Å²) in [6.45, 7) is 1.81. The van der Waals surface area contributed by atoms with Crippen molar-refractivity contribution in [3.63, 3.8) is 0 Å². The van der Waals surface area contributed by atoms with Gasteiger partial charge in [0.05, 0.1) is 6.61 Å². The summed E-state index contributed by atoms with van der Waals surface area (Å²) in [5.74, 6) is 0.153. The molecule has 0 aliphatic rings. The van der Waals surface area contributed by atoms with E-state index in [2.05, 4.69) is 4.74 Å². The van der Waals surface area contributed by atoms with Crippen LogP contribution in [-0.4, -0.2) is 44.9 Å². The molecule has 84 valence electrons. The van der Waals surface area contributed by atoms with E-state index in [1.807, 2.05) is 0 Å². The van der Waals surface area contributed by atoms with Gasteiger partial charge in [-0.25, -0.2) is 9.52 Å². The predicted molar refractivity (Wildman–Crippen MR) is 52.4 cm³/mol. The SMILES string of the molecule is CCOC(=O)NS(=O)(=O)N(C)CCCl. The average Bonchev–Trinajstić information content (AvgIpc) is 2.03. The Hall–Kier alpha value is -0.530. The Bertz CT molecular complexity index is 280. The van der Waals surface area contributed by atoms with Crippen molar-refractivity contribution in [2.24, 2.45) is 0 Å². The highest BCUT2D eigenvalue weighted by atomic mass is 35.5. The minimum absolute atomic E-state index is 0.112. The smallest absolute Gasteiger partial charge is 0.421 e. The Morgan fingerprint density at radius 2 is 2.14 bits per heavy atom. The summed E-state index contributed by atoms with van der Waals surface area (Å²) in [6.07, 6.45) is -0.992. The van der Waals surface area contributed by atoms with Crippen molar-refractivity contribution >= 4 is 27.9 Å². The molecule has 0 unspecified atom stereocenters. The van der Waals surface area contributed by atoms with Crippen molar-refractivity contribution in [1.29, 1.82) is 0 Å². The fourth-order valence-electron chi connectivity index (χ4n) is 0.583. The lowest BCUT2D eigenvalue weighted by Crippen LogP contribution is -2.42. The van der Waals surface area contributed by atoms with Crippen molar-refractivity contribution in [1.82, 2.24) is 9.03 Å². The molecular formula is C6H13ClN2O4S. The first-order valence-electron chi connectivity index (χ1n) is 3.90. The molecule has 0 heterocycles. The largest absolute Gasteiger partial charge is 0.449 e. The molecule has 0 atom stereocenters. The predicted octanol–water partition coefficient (Wildman–Crippen LogP) is 0.148. The summed E-state index contributed by atoms with van der Waals surface area (Å²) >= 11 is 5.35. The lowest BCUT2D eigenvalue weighted by atomic mass is 10.8. The van der Waals surface area contributed by atoms with E-state index in [0.717, 1.165) is 4.31 Å². The number of nitrogens with zero attached hydrogens (tertiary/aromatic N) is 1. The van der Waals surface area contributed by atoms with Crippen LogP contribution in [0.1, 0.15) is 6.92 Å². The van der Waals surface area contributed by atoms with E-state index in [0.29, 0.717) is 0 Å². The minimum Gasteiger partial charge on any atom is -0.449 e. The van der Waals surface area contributed by atoms with Gasteiger partial charge in [0, 0.05) is 19.5 Å². The molecule has 8 heteroatoms. The maximum atomic E-state index is 11.3. The Morgan fingerprint density at radius 3 is 2.57 bits per heavy atom. The molecule has 0 bridgehead atoms. The fraction of sp³-hybridized carbons (Fsp3) is 0.833. The second-order valence-corrected chi connectivity index (χ2v) is 4.49. The number of carbonyl (C=O) groups excluding carboxylic acids is 1. The first kappa shape index (κ1) is 13.5. The maximum Gasteiger partial charge on any atom is 0.421 e. The van der Waals surface area contributed by atoms with Gasteiger partial charge in [-0.05, 0) is 6.92 Å². The molecular weight excluding hydrogens is 232 g/mol. The van der Waals surface area contributed by atoms with Gasteiger partial charge in [-0.3, -0.25) is 0 Å². The molecule has 0 saturated carbocycles. The molecule has 0 aliphatic carbocycles. The Balaban J connectivity index is 4.27. The Kier molecular flexibility index (Phi) is 5.82. The van der Waals surface area contributed by atoms with Gasteiger partial charge in [0.15, 0.2) is 0 Å². The highest BCUT2D eigenvalue weighted by Gasteiger charge is 2.20. The van der Waals surface area contributed by atoms with E-state index in [-0.39, 0.29) is 19.0 Å². The van der Waals surface area contributed by atoms with Crippen LogP contribution in [0, 0.1) is 0 Å². The molecule has 14 heavy (non-hydrogen) atoms. The summed E-state index contributed by atoms with van der Waals surface area (Å²) in [5, 5.41) is 0. The van der Waals surface area contributed by atoms with Gasteiger partial charge in [-0.15, -0.1) is 11.6 Å². The van der Waals surface area contributed by atoms with E-state index < -0.39 is 16.3 Å². The van der Waals surface area contributed by atoms with Gasteiger partial charge in [-0.2, -0.15) is 12.7 Å². The third-order valence-corrected chi connectivity index (χ3v) is 2.89. The highest BCUT2D eigenvalue weighted by Crippen LogP contribution is 1.94. The van der Waals surface area contributed by atoms with E-state index >= 15 is 0 Å². The van der Waals surface area contributed by atoms with Crippen LogP contribution in [0.5, 0.6) is 0 Å². The molecule has 1 amide bonds. The van der Waals surface area contributed by atoms with Crippen molar-refractivity contribution < 1.29 is 17.9 Å². The molecule has 0 saturated heterocycles. The summed E-state index contributed by atoms with van der Waals surface area (Å²) in [6, 6.07) is 0. The summed E-state index contributed by atoms with van der Waals surface area (Å²) < 4.78 is 29.6. The van der Waals surface area contributed by atoms with Crippen LogP contribution in [0.4, 0.5) is 4.79 Å². The van der Waals surface area contributed by atoms with Crippen LogP contribution >= 0.6 is 11.6 Å². The summed E-state index contributed by atoms with van der Waals surface area (Å²) in [7, 11) is -2.51. The van der Waals surface area contributed by atoms with Crippen molar-refractivity contribution in [2.75, 3.05) is 26.1 Å². The molecule has 0 aromatic rings. The zero-order valence-corrected chi connectivity index (χ0v) is 9.56. The number of nitrogens with one attached hydrogen (secondary N) is 1. The number of hydrogen-bond acceptors (Lipinski definition) is 4. The van der Waals surface area contributed by atoms with E-state index in [1.165, 1.54) is 7.05 Å². The number of rotatable bonds is 5.